The van der Waals surface area contributed by atoms with Gasteiger partial charge in [-0.3, -0.25) is 9.59 Å². The molecule has 0 aliphatic heterocycles. The van der Waals surface area contributed by atoms with Crippen LogP contribution in [0.25, 0.3) is 0 Å². The van der Waals surface area contributed by atoms with Crippen LogP contribution in [0, 0.1) is 11.8 Å². The van der Waals surface area contributed by atoms with Crippen molar-refractivity contribution in [3.8, 4) is 0 Å². The largest absolute Gasteiger partial charge is 0.357 e. The number of nitrogens with one attached hydrogen (secondary N) is 4. The highest BCUT2D eigenvalue weighted by atomic mass is 16.2. The van der Waals surface area contributed by atoms with Crippen LogP contribution in [0.1, 0.15) is 44.6 Å². The van der Waals surface area contributed by atoms with Gasteiger partial charge in [0.25, 0.3) is 0 Å². The molecule has 2 fully saturated rings. The molecule has 0 unspecified atom stereocenters. The van der Waals surface area contributed by atoms with Gasteiger partial charge in [0.1, 0.15) is 0 Å². The highest BCUT2D eigenvalue weighted by molar-refractivity contribution is 5.93. The molecule has 1 aromatic rings. The fourth-order valence-electron chi connectivity index (χ4n) is 3.03. The van der Waals surface area contributed by atoms with Crippen LogP contribution in [0.3, 0.4) is 0 Å². The SMILES string of the molecule is CCNC(=NCc1cccc(NC(=O)C2CCC2)c1)NCCNC(=O)C1CC1. The lowest BCUT2D eigenvalue weighted by Crippen LogP contribution is -2.41. The molecule has 1 aromatic carbocycles. The van der Waals surface area contributed by atoms with E-state index in [9.17, 15) is 9.59 Å². The minimum absolute atomic E-state index is 0.121. The Labute approximate surface area is 166 Å². The van der Waals surface area contributed by atoms with Crippen molar-refractivity contribution in [1.29, 1.82) is 0 Å². The fraction of sp³-hybridized carbons (Fsp3) is 0.571. The molecular weight excluding hydrogens is 354 g/mol. The lowest BCUT2D eigenvalue weighted by atomic mass is 9.85. The third kappa shape index (κ3) is 6.25. The van der Waals surface area contributed by atoms with Crippen LogP contribution in [0.4, 0.5) is 5.69 Å². The van der Waals surface area contributed by atoms with E-state index < -0.39 is 0 Å². The number of aliphatic imine (C=N–C) groups is 1. The monoisotopic (exact) mass is 385 g/mol. The van der Waals surface area contributed by atoms with Crippen molar-refractivity contribution in [3.63, 3.8) is 0 Å². The molecule has 0 saturated heterocycles. The quantitative estimate of drug-likeness (QED) is 0.297. The minimum atomic E-state index is 0.121. The third-order valence-corrected chi connectivity index (χ3v) is 5.10. The van der Waals surface area contributed by atoms with Crippen LogP contribution in [0.2, 0.25) is 0 Å². The van der Waals surface area contributed by atoms with Gasteiger partial charge in [-0.2, -0.15) is 0 Å². The van der Waals surface area contributed by atoms with Gasteiger partial charge in [-0.1, -0.05) is 18.6 Å². The number of hydrogen-bond donors (Lipinski definition) is 4. The number of hydrogen-bond acceptors (Lipinski definition) is 3. The van der Waals surface area contributed by atoms with E-state index in [0.29, 0.717) is 25.6 Å². The van der Waals surface area contributed by atoms with E-state index in [-0.39, 0.29) is 23.7 Å². The molecule has 0 radical (unpaired) electrons. The number of rotatable bonds is 9. The summed E-state index contributed by atoms with van der Waals surface area (Å²) < 4.78 is 0. The molecule has 0 atom stereocenters. The van der Waals surface area contributed by atoms with Crippen LogP contribution in [0.15, 0.2) is 29.3 Å². The Balaban J connectivity index is 1.46. The van der Waals surface area contributed by atoms with Crippen molar-refractivity contribution in [1.82, 2.24) is 16.0 Å². The first-order chi connectivity index (χ1) is 13.7. The Morgan fingerprint density at radius 1 is 1.00 bits per heavy atom. The maximum atomic E-state index is 12.1. The summed E-state index contributed by atoms with van der Waals surface area (Å²) in [5.41, 5.74) is 1.86. The van der Waals surface area contributed by atoms with E-state index in [4.69, 9.17) is 0 Å². The summed E-state index contributed by atoms with van der Waals surface area (Å²) in [5, 5.41) is 12.4. The van der Waals surface area contributed by atoms with Crippen LogP contribution in [-0.2, 0) is 16.1 Å². The van der Waals surface area contributed by atoms with Crippen molar-refractivity contribution in [2.45, 2.75) is 45.6 Å². The molecule has 2 amide bonds. The maximum Gasteiger partial charge on any atom is 0.227 e. The predicted octanol–water partition coefficient (Wildman–Crippen LogP) is 2.01. The second-order valence-corrected chi connectivity index (χ2v) is 7.50. The topological polar surface area (TPSA) is 94.6 Å². The zero-order valence-electron chi connectivity index (χ0n) is 16.6. The molecule has 0 heterocycles. The number of guanidine groups is 1. The highest BCUT2D eigenvalue weighted by Crippen LogP contribution is 2.28. The molecule has 152 valence electrons. The van der Waals surface area contributed by atoms with Gasteiger partial charge in [-0.05, 0) is 50.3 Å². The lowest BCUT2D eigenvalue weighted by Gasteiger charge is -2.24. The van der Waals surface area contributed by atoms with Gasteiger partial charge in [-0.15, -0.1) is 0 Å². The summed E-state index contributed by atoms with van der Waals surface area (Å²) >= 11 is 0. The Kier molecular flexibility index (Phi) is 7.28. The third-order valence-electron chi connectivity index (χ3n) is 5.10. The molecule has 4 N–H and O–H groups in total. The van der Waals surface area contributed by atoms with Crippen LogP contribution >= 0.6 is 0 Å². The average Bonchev–Trinajstić information content (AvgIpc) is 3.47. The van der Waals surface area contributed by atoms with Crippen LogP contribution in [0.5, 0.6) is 0 Å². The smallest absolute Gasteiger partial charge is 0.227 e. The number of amides is 2. The molecule has 7 nitrogen and oxygen atoms in total. The number of carbonyl (C=O) groups excluding carboxylic acids is 2. The minimum Gasteiger partial charge on any atom is -0.357 e. The first-order valence-electron chi connectivity index (χ1n) is 10.4. The molecular formula is C21H31N5O2. The van der Waals surface area contributed by atoms with Crippen LogP contribution < -0.4 is 21.3 Å². The molecule has 28 heavy (non-hydrogen) atoms. The fourth-order valence-corrected chi connectivity index (χ4v) is 3.03. The summed E-state index contributed by atoms with van der Waals surface area (Å²) in [6.07, 6.45) is 5.17. The zero-order chi connectivity index (χ0) is 19.8. The second kappa shape index (κ2) is 10.1. The molecule has 3 rings (SSSR count). The molecule has 0 bridgehead atoms. The standard InChI is InChI=1S/C21H31N5O2/c1-2-22-21(24-12-11-23-19(27)17-9-10-17)25-14-15-5-3-8-18(13-15)26-20(28)16-6-4-7-16/h3,5,8,13,16-17H,2,4,6-7,9-12,14H2,1H3,(H,23,27)(H,26,28)(H2,22,24,25). The predicted molar refractivity (Wildman–Crippen MR) is 111 cm³/mol. The van der Waals surface area contributed by atoms with Gasteiger partial charge in [0, 0.05) is 37.2 Å². The Morgan fingerprint density at radius 3 is 2.43 bits per heavy atom. The molecule has 0 aromatic heterocycles. The molecule has 2 saturated carbocycles. The molecule has 2 aliphatic carbocycles. The van der Waals surface area contributed by atoms with E-state index in [1.165, 1.54) is 0 Å². The van der Waals surface area contributed by atoms with E-state index in [1.54, 1.807) is 0 Å². The molecule has 7 heteroatoms. The van der Waals surface area contributed by atoms with Gasteiger partial charge < -0.3 is 21.3 Å². The van der Waals surface area contributed by atoms with E-state index in [0.717, 1.165) is 49.9 Å². The van der Waals surface area contributed by atoms with E-state index >= 15 is 0 Å². The summed E-state index contributed by atoms with van der Waals surface area (Å²) in [5.74, 6) is 1.40. The first-order valence-corrected chi connectivity index (χ1v) is 10.4. The van der Waals surface area contributed by atoms with Gasteiger partial charge in [0.2, 0.25) is 11.8 Å². The van der Waals surface area contributed by atoms with Crippen molar-refractivity contribution >= 4 is 23.5 Å². The number of nitrogens with zero attached hydrogens (tertiary/aromatic N) is 1. The second-order valence-electron chi connectivity index (χ2n) is 7.50. The first kappa shape index (κ1) is 20.2. The Bertz CT molecular complexity index is 711. The van der Waals surface area contributed by atoms with E-state index in [2.05, 4.69) is 26.3 Å². The lowest BCUT2D eigenvalue weighted by molar-refractivity contribution is -0.122. The van der Waals surface area contributed by atoms with Crippen molar-refractivity contribution in [2.75, 3.05) is 25.0 Å². The maximum absolute atomic E-state index is 12.1. The van der Waals surface area contributed by atoms with Crippen molar-refractivity contribution in [2.24, 2.45) is 16.8 Å². The highest BCUT2D eigenvalue weighted by Gasteiger charge is 2.29. The molecule has 2 aliphatic rings. The van der Waals surface area contributed by atoms with Crippen molar-refractivity contribution < 1.29 is 9.59 Å². The average molecular weight is 386 g/mol. The van der Waals surface area contributed by atoms with Gasteiger partial charge in [-0.25, -0.2) is 4.99 Å². The summed E-state index contributed by atoms with van der Waals surface area (Å²) in [6, 6.07) is 7.83. The summed E-state index contributed by atoms with van der Waals surface area (Å²) in [6.45, 7) is 4.50. The Morgan fingerprint density at radius 2 is 1.75 bits per heavy atom. The number of carbonyl (C=O) groups is 2. The summed E-state index contributed by atoms with van der Waals surface area (Å²) in [7, 11) is 0. The number of anilines is 1. The van der Waals surface area contributed by atoms with Crippen LogP contribution in [-0.4, -0.2) is 37.4 Å². The number of benzene rings is 1. The van der Waals surface area contributed by atoms with Gasteiger partial charge in [0.05, 0.1) is 6.54 Å². The van der Waals surface area contributed by atoms with Gasteiger partial charge in [0.15, 0.2) is 5.96 Å². The normalized spacial score (nSPS) is 16.8. The molecule has 0 spiro atoms. The van der Waals surface area contributed by atoms with Crippen molar-refractivity contribution in [3.05, 3.63) is 29.8 Å². The van der Waals surface area contributed by atoms with E-state index in [1.807, 2.05) is 31.2 Å². The zero-order valence-corrected chi connectivity index (χ0v) is 16.6. The Hall–Kier alpha value is -2.57. The van der Waals surface area contributed by atoms with Gasteiger partial charge >= 0.3 is 0 Å². The summed E-state index contributed by atoms with van der Waals surface area (Å²) in [4.78, 5) is 28.4.